The molecule has 1 saturated carbocycles. The first kappa shape index (κ1) is 15.5. The third kappa shape index (κ3) is 3.43. The van der Waals surface area contributed by atoms with Crippen LogP contribution in [0.5, 0.6) is 0 Å². The van der Waals surface area contributed by atoms with E-state index in [4.69, 9.17) is 9.47 Å². The van der Waals surface area contributed by atoms with E-state index < -0.39 is 11.8 Å². The second-order valence-corrected chi connectivity index (χ2v) is 6.13. The van der Waals surface area contributed by atoms with E-state index >= 15 is 0 Å². The molecule has 0 aromatic rings. The van der Waals surface area contributed by atoms with Crippen molar-refractivity contribution in [3.8, 4) is 0 Å². The molecule has 0 amide bonds. The van der Waals surface area contributed by atoms with Crippen LogP contribution < -0.4 is 0 Å². The molecule has 0 heterocycles. The summed E-state index contributed by atoms with van der Waals surface area (Å²) in [5, 5.41) is 0. The van der Waals surface area contributed by atoms with Crippen molar-refractivity contribution in [3.63, 3.8) is 0 Å². The van der Waals surface area contributed by atoms with Gasteiger partial charge in [0.05, 0.1) is 11.8 Å². The lowest BCUT2D eigenvalue weighted by molar-refractivity contribution is -0.160. The highest BCUT2D eigenvalue weighted by molar-refractivity contribution is 5.84. The molecule has 2 bridgehead atoms. The SMILES string of the molecule is C=C(C)COC(=O)C1C2C=CC(C2)C1C(=O)OCC(=C)C. The van der Waals surface area contributed by atoms with Crippen LogP contribution in [0.4, 0.5) is 0 Å². The fourth-order valence-electron chi connectivity index (χ4n) is 3.05. The lowest BCUT2D eigenvalue weighted by atomic mass is 9.83. The molecule has 4 nitrogen and oxygen atoms in total. The van der Waals surface area contributed by atoms with Crippen molar-refractivity contribution in [2.75, 3.05) is 13.2 Å². The molecule has 21 heavy (non-hydrogen) atoms. The number of allylic oxidation sites excluding steroid dienone is 2. The highest BCUT2D eigenvalue weighted by Gasteiger charge is 2.53. The minimum atomic E-state index is -0.433. The van der Waals surface area contributed by atoms with E-state index in [0.717, 1.165) is 17.6 Å². The van der Waals surface area contributed by atoms with Gasteiger partial charge in [0.15, 0.2) is 0 Å². The van der Waals surface area contributed by atoms with Gasteiger partial charge < -0.3 is 9.47 Å². The number of esters is 2. The summed E-state index contributed by atoms with van der Waals surface area (Å²) < 4.78 is 10.5. The molecule has 0 aromatic carbocycles. The monoisotopic (exact) mass is 290 g/mol. The number of hydrogen-bond donors (Lipinski definition) is 0. The van der Waals surface area contributed by atoms with E-state index in [1.54, 1.807) is 13.8 Å². The van der Waals surface area contributed by atoms with Gasteiger partial charge in [-0.25, -0.2) is 0 Å². The fourth-order valence-corrected chi connectivity index (χ4v) is 3.05. The molecule has 114 valence electrons. The van der Waals surface area contributed by atoms with Gasteiger partial charge >= 0.3 is 11.9 Å². The molecular weight excluding hydrogens is 268 g/mol. The van der Waals surface area contributed by atoms with Gasteiger partial charge in [-0.05, 0) is 43.3 Å². The standard InChI is InChI=1S/C17H22O4/c1-10(2)8-20-16(18)14-12-5-6-13(7-12)15(14)17(19)21-9-11(3)4/h5-6,12-15H,1,3,7-9H2,2,4H3. The smallest absolute Gasteiger partial charge is 0.310 e. The van der Waals surface area contributed by atoms with Gasteiger partial charge in [0.2, 0.25) is 0 Å². The molecule has 0 radical (unpaired) electrons. The van der Waals surface area contributed by atoms with Gasteiger partial charge in [0.1, 0.15) is 13.2 Å². The van der Waals surface area contributed by atoms with Gasteiger partial charge in [-0.2, -0.15) is 0 Å². The van der Waals surface area contributed by atoms with Crippen molar-refractivity contribution in [3.05, 3.63) is 36.5 Å². The molecule has 0 spiro atoms. The predicted octanol–water partition coefficient (Wildman–Crippen LogP) is 2.66. The summed E-state index contributed by atoms with van der Waals surface area (Å²) in [5.41, 5.74) is 1.56. The molecular formula is C17H22O4. The Bertz CT molecular complexity index is 459. The highest BCUT2D eigenvalue weighted by Crippen LogP contribution is 2.49. The summed E-state index contributed by atoms with van der Waals surface area (Å²) in [5.74, 6) is -1.36. The van der Waals surface area contributed by atoms with Gasteiger partial charge in [-0.15, -0.1) is 0 Å². The lowest BCUT2D eigenvalue weighted by Crippen LogP contribution is -2.35. The quantitative estimate of drug-likeness (QED) is 0.557. The molecule has 1 fully saturated rings. The Morgan fingerprint density at radius 3 is 1.67 bits per heavy atom. The topological polar surface area (TPSA) is 52.6 Å². The molecule has 2 aliphatic rings. The molecule has 4 heteroatoms. The van der Waals surface area contributed by atoms with Crippen molar-refractivity contribution < 1.29 is 19.1 Å². The van der Waals surface area contributed by atoms with E-state index in [-0.39, 0.29) is 37.0 Å². The molecule has 2 aliphatic carbocycles. The Balaban J connectivity index is 2.05. The van der Waals surface area contributed by atoms with Crippen LogP contribution in [0, 0.1) is 23.7 Å². The number of hydrogen-bond acceptors (Lipinski definition) is 4. The summed E-state index contributed by atoms with van der Waals surface area (Å²) in [6.07, 6.45) is 4.85. The summed E-state index contributed by atoms with van der Waals surface area (Å²) >= 11 is 0. The maximum atomic E-state index is 12.3. The van der Waals surface area contributed by atoms with Crippen molar-refractivity contribution in [1.82, 2.24) is 0 Å². The minimum absolute atomic E-state index is 0.0787. The first-order chi connectivity index (χ1) is 9.90. The maximum absolute atomic E-state index is 12.3. The number of carbonyl (C=O) groups excluding carboxylic acids is 2. The van der Waals surface area contributed by atoms with Gasteiger partial charge in [-0.1, -0.05) is 25.3 Å². The molecule has 0 N–H and O–H groups in total. The Morgan fingerprint density at radius 1 is 0.952 bits per heavy atom. The van der Waals surface area contributed by atoms with Crippen LogP contribution in [0.2, 0.25) is 0 Å². The Hall–Kier alpha value is -1.84. The number of ether oxygens (including phenoxy) is 2. The molecule has 0 saturated heterocycles. The molecule has 4 atom stereocenters. The fraction of sp³-hybridized carbons (Fsp3) is 0.529. The van der Waals surface area contributed by atoms with Crippen LogP contribution in [-0.4, -0.2) is 25.2 Å². The largest absolute Gasteiger partial charge is 0.461 e. The second-order valence-electron chi connectivity index (χ2n) is 6.13. The predicted molar refractivity (Wildman–Crippen MR) is 79.3 cm³/mol. The summed E-state index contributed by atoms with van der Waals surface area (Å²) in [6.45, 7) is 11.4. The van der Waals surface area contributed by atoms with Crippen molar-refractivity contribution in [2.45, 2.75) is 20.3 Å². The molecule has 4 unspecified atom stereocenters. The zero-order chi connectivity index (χ0) is 15.6. The first-order valence-corrected chi connectivity index (χ1v) is 7.20. The number of rotatable bonds is 6. The van der Waals surface area contributed by atoms with E-state index in [2.05, 4.69) is 13.2 Å². The van der Waals surface area contributed by atoms with Crippen LogP contribution in [0.25, 0.3) is 0 Å². The van der Waals surface area contributed by atoms with Crippen LogP contribution >= 0.6 is 0 Å². The van der Waals surface area contributed by atoms with E-state index in [1.165, 1.54) is 0 Å². The minimum Gasteiger partial charge on any atom is -0.461 e. The lowest BCUT2D eigenvalue weighted by Gasteiger charge is -2.25. The molecule has 0 aromatic heterocycles. The summed E-state index contributed by atoms with van der Waals surface area (Å²) in [4.78, 5) is 24.5. The van der Waals surface area contributed by atoms with Gasteiger partial charge in [-0.3, -0.25) is 9.59 Å². The Kier molecular flexibility index (Phi) is 4.66. The third-order valence-corrected chi connectivity index (χ3v) is 3.93. The average molecular weight is 290 g/mol. The zero-order valence-electron chi connectivity index (χ0n) is 12.6. The maximum Gasteiger partial charge on any atom is 0.310 e. The van der Waals surface area contributed by atoms with E-state index in [0.29, 0.717) is 0 Å². The number of fused-ring (bicyclic) bond motifs is 2. The van der Waals surface area contributed by atoms with Crippen molar-refractivity contribution >= 4 is 11.9 Å². The normalized spacial score (nSPS) is 29.2. The third-order valence-electron chi connectivity index (χ3n) is 3.93. The average Bonchev–Trinajstić information content (AvgIpc) is 3.02. The van der Waals surface area contributed by atoms with Gasteiger partial charge in [0, 0.05) is 0 Å². The molecule has 0 aliphatic heterocycles. The van der Waals surface area contributed by atoms with Crippen LogP contribution in [0.15, 0.2) is 36.5 Å². The second kappa shape index (κ2) is 6.29. The van der Waals surface area contributed by atoms with Crippen LogP contribution in [0.1, 0.15) is 20.3 Å². The van der Waals surface area contributed by atoms with E-state index in [1.807, 2.05) is 12.2 Å². The summed E-state index contributed by atoms with van der Waals surface area (Å²) in [6, 6.07) is 0. The van der Waals surface area contributed by atoms with Crippen molar-refractivity contribution in [2.24, 2.45) is 23.7 Å². The van der Waals surface area contributed by atoms with Crippen LogP contribution in [-0.2, 0) is 19.1 Å². The zero-order valence-corrected chi connectivity index (χ0v) is 12.6. The first-order valence-electron chi connectivity index (χ1n) is 7.20. The van der Waals surface area contributed by atoms with Crippen LogP contribution in [0.3, 0.4) is 0 Å². The number of carbonyl (C=O) groups is 2. The van der Waals surface area contributed by atoms with Gasteiger partial charge in [0.25, 0.3) is 0 Å². The summed E-state index contributed by atoms with van der Waals surface area (Å²) in [7, 11) is 0. The Labute approximate surface area is 125 Å². The molecule has 2 rings (SSSR count). The van der Waals surface area contributed by atoms with E-state index in [9.17, 15) is 9.59 Å². The van der Waals surface area contributed by atoms with Crippen molar-refractivity contribution in [1.29, 1.82) is 0 Å². The highest BCUT2D eigenvalue weighted by atomic mass is 16.5. The Morgan fingerprint density at radius 2 is 1.33 bits per heavy atom.